The standard InChI is InChI=1S/C25H42N6O6/c1-5-17(4)29-23(35)19(10-9-12-27-25(26)37)30-21(33)15-28-20(32)11-7-6-8-13-31-22(34)14-18(16(2)3)24(31)36/h5,16,18-19H,6-15H2,1-4H3,(H,28,32)(H,29,35)(H,30,33)(H3,26,27,37)/b17-5+. The van der Waals surface area contributed by atoms with Gasteiger partial charge < -0.3 is 27.0 Å². The van der Waals surface area contributed by atoms with Crippen LogP contribution in [0.4, 0.5) is 4.79 Å². The van der Waals surface area contributed by atoms with E-state index in [1.54, 1.807) is 19.9 Å². The molecule has 2 unspecified atom stereocenters. The van der Waals surface area contributed by atoms with Crippen molar-refractivity contribution in [2.45, 2.75) is 78.7 Å². The van der Waals surface area contributed by atoms with Gasteiger partial charge in [0, 0.05) is 37.5 Å². The topological polar surface area (TPSA) is 180 Å². The molecule has 7 amide bonds. The molecule has 0 radical (unpaired) electrons. The molecule has 208 valence electrons. The maximum atomic E-state index is 12.5. The quantitative estimate of drug-likeness (QED) is 0.147. The summed E-state index contributed by atoms with van der Waals surface area (Å²) in [6, 6.07) is -1.52. The molecular weight excluding hydrogens is 480 g/mol. The minimum absolute atomic E-state index is 0.110. The number of amides is 7. The summed E-state index contributed by atoms with van der Waals surface area (Å²) in [5.74, 6) is -1.58. The second-order valence-corrected chi connectivity index (χ2v) is 9.54. The minimum Gasteiger partial charge on any atom is -0.352 e. The normalized spacial score (nSPS) is 16.5. The van der Waals surface area contributed by atoms with E-state index in [2.05, 4.69) is 21.3 Å². The fourth-order valence-electron chi connectivity index (χ4n) is 3.85. The van der Waals surface area contributed by atoms with E-state index < -0.39 is 23.9 Å². The highest BCUT2D eigenvalue weighted by Crippen LogP contribution is 2.26. The average molecular weight is 523 g/mol. The molecule has 2 atom stereocenters. The molecule has 1 saturated heterocycles. The molecule has 0 aromatic heterocycles. The van der Waals surface area contributed by atoms with E-state index in [1.165, 1.54) is 4.90 Å². The zero-order valence-electron chi connectivity index (χ0n) is 22.4. The third-order valence-electron chi connectivity index (χ3n) is 6.19. The number of allylic oxidation sites excluding steroid dienone is 2. The van der Waals surface area contributed by atoms with E-state index in [0.717, 1.165) is 0 Å². The number of imide groups is 1. The van der Waals surface area contributed by atoms with Crippen molar-refractivity contribution in [1.29, 1.82) is 0 Å². The fourth-order valence-corrected chi connectivity index (χ4v) is 3.85. The number of hydrogen-bond donors (Lipinski definition) is 5. The van der Waals surface area contributed by atoms with Crippen LogP contribution in [-0.2, 0) is 24.0 Å². The molecule has 1 fully saturated rings. The number of rotatable bonds is 16. The molecule has 1 aliphatic rings. The number of unbranched alkanes of at least 4 members (excludes halogenated alkanes) is 2. The molecule has 0 aromatic carbocycles. The first kappa shape index (κ1) is 31.6. The van der Waals surface area contributed by atoms with Crippen LogP contribution in [0.1, 0.15) is 72.6 Å². The molecule has 37 heavy (non-hydrogen) atoms. The zero-order valence-corrected chi connectivity index (χ0v) is 22.4. The van der Waals surface area contributed by atoms with Crippen molar-refractivity contribution in [1.82, 2.24) is 26.2 Å². The van der Waals surface area contributed by atoms with Crippen molar-refractivity contribution in [3.63, 3.8) is 0 Å². The second kappa shape index (κ2) is 16.3. The Hall–Kier alpha value is -3.44. The number of nitrogens with one attached hydrogen (secondary N) is 4. The molecular formula is C25H42N6O6. The molecule has 0 saturated carbocycles. The number of carbonyl (C=O) groups is 6. The Labute approximate surface area is 218 Å². The first-order chi connectivity index (χ1) is 17.5. The highest BCUT2D eigenvalue weighted by Gasteiger charge is 2.39. The molecule has 1 rings (SSSR count). The van der Waals surface area contributed by atoms with Gasteiger partial charge in [-0.25, -0.2) is 4.79 Å². The zero-order chi connectivity index (χ0) is 28.0. The van der Waals surface area contributed by atoms with E-state index >= 15 is 0 Å². The Morgan fingerprint density at radius 1 is 1.05 bits per heavy atom. The van der Waals surface area contributed by atoms with Crippen LogP contribution in [0, 0.1) is 11.8 Å². The van der Waals surface area contributed by atoms with E-state index in [-0.39, 0.29) is 61.9 Å². The number of primary amides is 1. The average Bonchev–Trinajstić information content (AvgIpc) is 3.12. The largest absolute Gasteiger partial charge is 0.352 e. The molecule has 12 heteroatoms. The van der Waals surface area contributed by atoms with Crippen molar-refractivity contribution >= 4 is 35.6 Å². The summed E-state index contributed by atoms with van der Waals surface area (Å²) in [6.45, 7) is 7.68. The number of nitrogens with zero attached hydrogens (tertiary/aromatic N) is 1. The lowest BCUT2D eigenvalue weighted by Gasteiger charge is -2.19. The minimum atomic E-state index is -0.847. The summed E-state index contributed by atoms with van der Waals surface area (Å²) < 4.78 is 0. The van der Waals surface area contributed by atoms with Gasteiger partial charge in [-0.15, -0.1) is 0 Å². The van der Waals surface area contributed by atoms with Gasteiger partial charge in [0.2, 0.25) is 29.5 Å². The van der Waals surface area contributed by atoms with Crippen molar-refractivity contribution in [3.05, 3.63) is 11.8 Å². The van der Waals surface area contributed by atoms with E-state index in [4.69, 9.17) is 5.73 Å². The van der Waals surface area contributed by atoms with Crippen LogP contribution in [0.5, 0.6) is 0 Å². The number of carbonyl (C=O) groups excluding carboxylic acids is 6. The summed E-state index contributed by atoms with van der Waals surface area (Å²) in [5.41, 5.74) is 5.66. The number of likely N-dealkylation sites (tertiary alicyclic amines) is 1. The molecule has 6 N–H and O–H groups in total. The number of urea groups is 1. The lowest BCUT2D eigenvalue weighted by molar-refractivity contribution is -0.140. The van der Waals surface area contributed by atoms with Crippen molar-refractivity contribution in [2.24, 2.45) is 17.6 Å². The number of hydrogen-bond acceptors (Lipinski definition) is 6. The summed E-state index contributed by atoms with van der Waals surface area (Å²) in [6.07, 6.45) is 4.69. The monoisotopic (exact) mass is 522 g/mol. The van der Waals surface area contributed by atoms with Crippen LogP contribution in [-0.4, -0.2) is 66.1 Å². The van der Waals surface area contributed by atoms with Gasteiger partial charge in [0.25, 0.3) is 0 Å². The highest BCUT2D eigenvalue weighted by atomic mass is 16.2. The molecule has 1 aliphatic heterocycles. The van der Waals surface area contributed by atoms with Crippen LogP contribution in [0.3, 0.4) is 0 Å². The van der Waals surface area contributed by atoms with Gasteiger partial charge in [0.15, 0.2) is 0 Å². The summed E-state index contributed by atoms with van der Waals surface area (Å²) in [4.78, 5) is 73.5. The van der Waals surface area contributed by atoms with Gasteiger partial charge in [0.05, 0.1) is 6.54 Å². The predicted octanol–water partition coefficient (Wildman–Crippen LogP) is 0.667. The van der Waals surface area contributed by atoms with E-state index in [0.29, 0.717) is 37.9 Å². The van der Waals surface area contributed by atoms with E-state index in [1.807, 2.05) is 13.8 Å². The predicted molar refractivity (Wildman–Crippen MR) is 137 cm³/mol. The van der Waals surface area contributed by atoms with Crippen LogP contribution >= 0.6 is 0 Å². The summed E-state index contributed by atoms with van der Waals surface area (Å²) in [7, 11) is 0. The molecule has 0 bridgehead atoms. The Morgan fingerprint density at radius 2 is 1.76 bits per heavy atom. The van der Waals surface area contributed by atoms with Crippen molar-refractivity contribution in [2.75, 3.05) is 19.6 Å². The second-order valence-electron chi connectivity index (χ2n) is 9.54. The van der Waals surface area contributed by atoms with E-state index in [9.17, 15) is 28.8 Å². The first-order valence-corrected chi connectivity index (χ1v) is 12.8. The smallest absolute Gasteiger partial charge is 0.312 e. The molecule has 12 nitrogen and oxygen atoms in total. The fraction of sp³-hybridized carbons (Fsp3) is 0.680. The summed E-state index contributed by atoms with van der Waals surface area (Å²) >= 11 is 0. The van der Waals surface area contributed by atoms with Crippen LogP contribution in [0.25, 0.3) is 0 Å². The number of nitrogens with two attached hydrogens (primary N) is 1. The Bertz CT molecular complexity index is 872. The lowest BCUT2D eigenvalue weighted by atomic mass is 9.94. The van der Waals surface area contributed by atoms with Gasteiger partial charge in [-0.1, -0.05) is 26.3 Å². The molecule has 0 spiro atoms. The Morgan fingerprint density at radius 3 is 2.35 bits per heavy atom. The first-order valence-electron chi connectivity index (χ1n) is 12.8. The maximum absolute atomic E-state index is 12.5. The third-order valence-corrected chi connectivity index (χ3v) is 6.19. The highest BCUT2D eigenvalue weighted by molar-refractivity contribution is 6.03. The Balaban J connectivity index is 2.36. The van der Waals surface area contributed by atoms with Gasteiger partial charge in [-0.2, -0.15) is 0 Å². The molecule has 1 heterocycles. The molecule has 0 aromatic rings. The maximum Gasteiger partial charge on any atom is 0.312 e. The molecule has 0 aliphatic carbocycles. The van der Waals surface area contributed by atoms with Gasteiger partial charge in [-0.3, -0.25) is 28.9 Å². The third kappa shape index (κ3) is 11.9. The summed E-state index contributed by atoms with van der Waals surface area (Å²) in [5, 5.41) is 10.3. The van der Waals surface area contributed by atoms with Crippen LogP contribution < -0.4 is 27.0 Å². The SMILES string of the molecule is C/C=C(\C)NC(=O)C(CCCNC(N)=O)NC(=O)CNC(=O)CCCCCN1C(=O)CC(C(C)C)C1=O. The Kier molecular flexibility index (Phi) is 13.9. The van der Waals surface area contributed by atoms with Crippen LogP contribution in [0.15, 0.2) is 11.8 Å². The van der Waals surface area contributed by atoms with Gasteiger partial charge >= 0.3 is 6.03 Å². The van der Waals surface area contributed by atoms with Crippen molar-refractivity contribution < 1.29 is 28.8 Å². The lowest BCUT2D eigenvalue weighted by Crippen LogP contribution is -2.49. The van der Waals surface area contributed by atoms with Gasteiger partial charge in [-0.05, 0) is 45.4 Å². The van der Waals surface area contributed by atoms with Crippen LogP contribution in [0.2, 0.25) is 0 Å². The van der Waals surface area contributed by atoms with Crippen molar-refractivity contribution in [3.8, 4) is 0 Å². The van der Waals surface area contributed by atoms with Gasteiger partial charge in [0.1, 0.15) is 6.04 Å².